The van der Waals surface area contributed by atoms with Crippen molar-refractivity contribution in [1.29, 1.82) is 0 Å². The van der Waals surface area contributed by atoms with Crippen molar-refractivity contribution >= 4 is 125 Å². The van der Waals surface area contributed by atoms with Crippen LogP contribution in [0.1, 0.15) is 286 Å². The van der Waals surface area contributed by atoms with Gasteiger partial charge in [0.25, 0.3) is 0 Å². The van der Waals surface area contributed by atoms with E-state index in [0.29, 0.717) is 105 Å². The molecule has 4 aliphatic rings. The molecule has 0 N–H and O–H groups in total. The summed E-state index contributed by atoms with van der Waals surface area (Å²) >= 11 is -6.11. The zero-order chi connectivity index (χ0) is 85.5. The summed E-state index contributed by atoms with van der Waals surface area (Å²) in [4.78, 5) is 34.7. The number of unbranched alkanes of at least 4 members (excludes halogenated alkanes) is 4. The van der Waals surface area contributed by atoms with E-state index in [1.54, 1.807) is 5.11 Å². The van der Waals surface area contributed by atoms with Crippen LogP contribution in [0, 0.1) is 52.8 Å². The van der Waals surface area contributed by atoms with Crippen LogP contribution in [0.15, 0.2) is 127 Å². The number of nitrogens with zero attached hydrogens (tertiary/aromatic N) is 8. The second-order valence-corrected chi connectivity index (χ2v) is 45.4. The van der Waals surface area contributed by atoms with Gasteiger partial charge in [-0.25, -0.2) is 0 Å². The van der Waals surface area contributed by atoms with Crippen LogP contribution in [-0.4, -0.2) is 76.9 Å². The molecule has 15 rings (SSSR count). The first kappa shape index (κ1) is 86.1. The van der Waals surface area contributed by atoms with Crippen LogP contribution in [0.3, 0.4) is 0 Å². The standard InChI is InChI=1S/C96H120N8O4.C6F5.In/c1-21-29-33-57(25-5)53-105-81-45-65(93(9,10)11)37-61-41-73-77(49-69(61)81)89-97-85(73)102-90-79-51-71-63(39-67(95(15,16)17)47-83(71)107-55-59(27-7)35-31-23-3)43-75(79)87(99-90)104-92-80-52-72-64(40-68(96(18,19)20)48-84(72)108-56-60(28-8)36-32-24-4)44-76(80)88(100-92)103-91-78-50-70-62(42-74(78)86(98-91)101-89)38-66(94(12,13)14)46-82(70)106-54-58(26-6)34-30-22-2;7-2-1-3(8)5(10)6(11)4(2)9;/h37-52,57-60H,21-36,53-56H2,1-20H3;;/q-2;;+2. The molecule has 0 saturated carbocycles. The van der Waals surface area contributed by atoms with Crippen molar-refractivity contribution in [3.63, 3.8) is 0 Å². The number of rotatable bonds is 29. The third kappa shape index (κ3) is 16.4. The molecular formula is C102H120F5InN8O4. The molecule has 0 fully saturated rings. The molecule has 0 aliphatic carbocycles. The molecular weight excluding hydrogens is 1610 g/mol. The topological polar surface area (TPSA) is 121 Å². The molecule has 18 heteroatoms. The summed E-state index contributed by atoms with van der Waals surface area (Å²) < 4.78 is 120. The van der Waals surface area contributed by atoms with Crippen LogP contribution >= 0.6 is 0 Å². The quantitative estimate of drug-likeness (QED) is 0.0263. The van der Waals surface area contributed by atoms with Crippen molar-refractivity contribution in [2.24, 2.45) is 53.6 Å². The van der Waals surface area contributed by atoms with Gasteiger partial charge in [0, 0.05) is 0 Å². The molecule has 9 aromatic carbocycles. The first-order valence-corrected chi connectivity index (χ1v) is 49.2. The first-order valence-electron chi connectivity index (χ1n) is 44.6. The third-order valence-electron chi connectivity index (χ3n) is 25.8. The van der Waals surface area contributed by atoms with E-state index in [9.17, 15) is 0 Å². The fraction of sp³-hybridized carbons (Fsp3) is 0.471. The Morgan fingerprint density at radius 1 is 0.300 bits per heavy atom. The molecule has 2 aromatic heterocycles. The van der Waals surface area contributed by atoms with E-state index in [2.05, 4.69) is 211 Å². The van der Waals surface area contributed by atoms with Crippen LogP contribution in [0.25, 0.3) is 64.6 Å². The molecule has 6 heterocycles. The molecule has 630 valence electrons. The Morgan fingerprint density at radius 3 is 0.900 bits per heavy atom. The Hall–Kier alpha value is -8.90. The number of halogens is 5. The maximum absolute atomic E-state index is 18.9. The molecule has 4 atom stereocenters. The van der Waals surface area contributed by atoms with Crippen LogP contribution < -0.4 is 33.2 Å². The molecule has 0 spiro atoms. The number of fused-ring (bicyclic) bond motifs is 18. The van der Waals surface area contributed by atoms with Gasteiger partial charge in [0.2, 0.25) is 0 Å². The summed E-state index contributed by atoms with van der Waals surface area (Å²) in [6.07, 6.45) is 16.1. The SMILES string of the molecule is CCCCC(CC)COc1cc(C(C)(C)C)cc2cc3c(cc12)C1=NC3=Nc2c3cc4c(OCC(CC)CCCC)cc(C(C)(C)C)cc4cc3c3[n]2[In]([c]2c(F)c(F)c(F)c(F)c2F)[n]2c(c4cc5cc(C(C)(C)C)cc(OCC(CC)CCCC)c5cc4c2=NC2=NC(=N3)c3cc4c(OCC(CC)CCCC)cc(C(C)(C)C)cc4cc32)=N1. The van der Waals surface area contributed by atoms with Gasteiger partial charge in [-0.1, -0.05) is 67.2 Å². The number of aromatic nitrogens is 2. The van der Waals surface area contributed by atoms with E-state index in [4.69, 9.17) is 48.9 Å². The zero-order valence-electron chi connectivity index (χ0n) is 74.4. The molecule has 6 bridgehead atoms. The fourth-order valence-corrected chi connectivity index (χ4v) is 26.7. The van der Waals surface area contributed by atoms with Gasteiger partial charge in [0.1, 0.15) is 0 Å². The molecule has 4 unspecified atom stereocenters. The number of hydrogen-bond acceptors (Lipinski definition) is 10. The number of amidine groups is 4. The average Bonchev–Trinajstić information content (AvgIpc) is 1.53. The van der Waals surface area contributed by atoms with Crippen LogP contribution in [0.4, 0.5) is 33.6 Å². The van der Waals surface area contributed by atoms with Crippen molar-refractivity contribution in [2.45, 2.75) is 263 Å². The van der Waals surface area contributed by atoms with E-state index < -0.39 is 65.2 Å². The monoisotopic (exact) mass is 1730 g/mol. The van der Waals surface area contributed by atoms with Gasteiger partial charge in [-0.2, -0.15) is 0 Å². The first-order chi connectivity index (χ1) is 57.2. The Morgan fingerprint density at radius 2 is 0.575 bits per heavy atom. The number of benzene rings is 9. The Kier molecular flexibility index (Phi) is 24.4. The van der Waals surface area contributed by atoms with Crippen LogP contribution in [-0.2, 0) is 21.7 Å². The predicted octanol–water partition coefficient (Wildman–Crippen LogP) is 26.2. The van der Waals surface area contributed by atoms with Crippen molar-refractivity contribution in [3.05, 3.63) is 182 Å². The Balaban J connectivity index is 1.17. The van der Waals surface area contributed by atoms with Gasteiger partial charge < -0.3 is 0 Å². The molecule has 12 nitrogen and oxygen atoms in total. The van der Waals surface area contributed by atoms with Crippen LogP contribution in [0.2, 0.25) is 0 Å². The minimum absolute atomic E-state index is 0.119. The number of aliphatic imine (C=N–C) groups is 4. The zero-order valence-corrected chi connectivity index (χ0v) is 77.7. The minimum atomic E-state index is -6.11. The van der Waals surface area contributed by atoms with Crippen molar-refractivity contribution < 1.29 is 40.9 Å². The van der Waals surface area contributed by atoms with E-state index in [-0.39, 0.29) is 68.6 Å². The number of hydrogen-bond donors (Lipinski definition) is 0. The molecule has 11 aromatic rings. The second kappa shape index (κ2) is 34.1. The van der Waals surface area contributed by atoms with Gasteiger partial charge in [-0.3, -0.25) is 0 Å². The van der Waals surface area contributed by atoms with Crippen molar-refractivity contribution in [3.8, 4) is 23.0 Å². The molecule has 0 amide bonds. The summed E-state index contributed by atoms with van der Waals surface area (Å²) in [7, 11) is 0. The predicted molar refractivity (Wildman–Crippen MR) is 487 cm³/mol. The summed E-state index contributed by atoms with van der Waals surface area (Å²) in [6, 6.07) is 33.7. The van der Waals surface area contributed by atoms with Gasteiger partial charge >= 0.3 is 651 Å². The normalized spacial score (nSPS) is 15.1. The van der Waals surface area contributed by atoms with E-state index >= 15 is 22.0 Å². The molecule has 4 aliphatic heterocycles. The van der Waals surface area contributed by atoms with E-state index in [1.165, 1.54) is 0 Å². The van der Waals surface area contributed by atoms with E-state index in [0.717, 1.165) is 168 Å². The van der Waals surface area contributed by atoms with Gasteiger partial charge in [-0.05, 0) is 0 Å². The van der Waals surface area contributed by atoms with Crippen molar-refractivity contribution in [1.82, 2.24) is 5.11 Å². The van der Waals surface area contributed by atoms with E-state index in [1.807, 2.05) is 24.3 Å². The van der Waals surface area contributed by atoms with Crippen LogP contribution in [0.5, 0.6) is 23.0 Å². The third-order valence-corrected chi connectivity index (χ3v) is 34.4. The Bertz CT molecular complexity index is 6130. The van der Waals surface area contributed by atoms with Gasteiger partial charge in [0.05, 0.1) is 0 Å². The fourth-order valence-electron chi connectivity index (χ4n) is 17.7. The Labute approximate surface area is 713 Å². The number of ether oxygens (including phenoxy) is 4. The summed E-state index contributed by atoms with van der Waals surface area (Å²) in [6.45, 7) is 45.6. The van der Waals surface area contributed by atoms with Gasteiger partial charge in [-0.15, -0.1) is 0 Å². The van der Waals surface area contributed by atoms with Crippen molar-refractivity contribution in [2.75, 3.05) is 26.4 Å². The summed E-state index contributed by atoms with van der Waals surface area (Å²) in [5.41, 5.74) is 5.22. The second-order valence-electron chi connectivity index (χ2n) is 38.6. The maximum atomic E-state index is 18.9. The molecule has 120 heavy (non-hydrogen) atoms. The summed E-state index contributed by atoms with van der Waals surface area (Å²) in [5, 5.41) is 8.15. The summed E-state index contributed by atoms with van der Waals surface area (Å²) in [5.74, 6) is -5.64. The molecule has 0 saturated heterocycles. The van der Waals surface area contributed by atoms with Gasteiger partial charge in [0.15, 0.2) is 0 Å². The average molecular weight is 1730 g/mol. The molecule has 0 radical (unpaired) electrons.